The average Bonchev–Trinajstić information content (AvgIpc) is 2.29. The highest BCUT2D eigenvalue weighted by Crippen LogP contribution is 2.17. The number of halogens is 1. The van der Waals surface area contributed by atoms with Crippen molar-refractivity contribution >= 4 is 5.69 Å². The Morgan fingerprint density at radius 1 is 1.31 bits per heavy atom. The number of hydrogen-bond donors (Lipinski definition) is 1. The van der Waals surface area contributed by atoms with Gasteiger partial charge in [-0.2, -0.15) is 0 Å². The number of rotatable bonds is 6. The van der Waals surface area contributed by atoms with Gasteiger partial charge in [0.2, 0.25) is 0 Å². The summed E-state index contributed by atoms with van der Waals surface area (Å²) in [6, 6.07) is 5.73. The molecule has 0 saturated carbocycles. The van der Waals surface area contributed by atoms with Gasteiger partial charge in [0, 0.05) is 11.7 Å². The molecule has 16 heavy (non-hydrogen) atoms. The van der Waals surface area contributed by atoms with E-state index in [2.05, 4.69) is 19.2 Å². The molecule has 0 aliphatic rings. The van der Waals surface area contributed by atoms with Crippen molar-refractivity contribution in [3.8, 4) is 0 Å². The fourth-order valence-corrected chi connectivity index (χ4v) is 1.80. The van der Waals surface area contributed by atoms with E-state index >= 15 is 0 Å². The molecule has 1 rings (SSSR count). The lowest BCUT2D eigenvalue weighted by atomic mass is 10.1. The van der Waals surface area contributed by atoms with Gasteiger partial charge in [-0.05, 0) is 43.5 Å². The van der Waals surface area contributed by atoms with Gasteiger partial charge >= 0.3 is 0 Å². The normalized spacial score (nSPS) is 12.5. The summed E-state index contributed by atoms with van der Waals surface area (Å²) in [4.78, 5) is 0. The second-order valence-electron chi connectivity index (χ2n) is 4.36. The van der Waals surface area contributed by atoms with E-state index < -0.39 is 0 Å². The van der Waals surface area contributed by atoms with Crippen molar-refractivity contribution in [1.82, 2.24) is 0 Å². The fourth-order valence-electron chi connectivity index (χ4n) is 1.80. The molecule has 0 aliphatic heterocycles. The number of hydrogen-bond acceptors (Lipinski definition) is 1. The van der Waals surface area contributed by atoms with E-state index in [1.807, 2.05) is 12.1 Å². The zero-order valence-corrected chi connectivity index (χ0v) is 10.5. The van der Waals surface area contributed by atoms with Crippen LogP contribution in [0.15, 0.2) is 18.2 Å². The lowest BCUT2D eigenvalue weighted by molar-refractivity contribution is 0.592. The van der Waals surface area contributed by atoms with Gasteiger partial charge in [-0.1, -0.05) is 26.7 Å². The third-order valence-corrected chi connectivity index (χ3v) is 2.93. The Kier molecular flexibility index (Phi) is 5.30. The molecule has 1 aromatic carbocycles. The zero-order chi connectivity index (χ0) is 12.0. The first kappa shape index (κ1) is 13.0. The maximum Gasteiger partial charge on any atom is 0.126 e. The topological polar surface area (TPSA) is 12.0 Å². The SMILES string of the molecule is CCCCC(CC)Nc1ccc(F)c(C)c1. The van der Waals surface area contributed by atoms with Gasteiger partial charge in [-0.25, -0.2) is 4.39 Å². The molecule has 0 radical (unpaired) electrons. The average molecular weight is 223 g/mol. The van der Waals surface area contributed by atoms with Crippen molar-refractivity contribution in [2.75, 3.05) is 5.32 Å². The van der Waals surface area contributed by atoms with Crippen LogP contribution in [-0.2, 0) is 0 Å². The van der Waals surface area contributed by atoms with Gasteiger partial charge in [-0.3, -0.25) is 0 Å². The van der Waals surface area contributed by atoms with E-state index in [4.69, 9.17) is 0 Å². The summed E-state index contributed by atoms with van der Waals surface area (Å²) < 4.78 is 13.1. The van der Waals surface area contributed by atoms with E-state index in [-0.39, 0.29) is 5.82 Å². The van der Waals surface area contributed by atoms with E-state index in [1.165, 1.54) is 25.3 Å². The van der Waals surface area contributed by atoms with Crippen LogP contribution in [0.2, 0.25) is 0 Å². The molecule has 1 nitrogen and oxygen atoms in total. The molecule has 0 heterocycles. The van der Waals surface area contributed by atoms with Crippen LogP contribution < -0.4 is 5.32 Å². The molecule has 0 bridgehead atoms. The second-order valence-corrected chi connectivity index (χ2v) is 4.36. The third kappa shape index (κ3) is 3.84. The van der Waals surface area contributed by atoms with Crippen LogP contribution in [0, 0.1) is 12.7 Å². The first-order valence-corrected chi connectivity index (χ1v) is 6.20. The molecule has 1 unspecified atom stereocenters. The standard InChI is InChI=1S/C14H22FN/c1-4-6-7-12(5-2)16-13-8-9-14(15)11(3)10-13/h8-10,12,16H,4-7H2,1-3H3. The fraction of sp³-hybridized carbons (Fsp3) is 0.571. The van der Waals surface area contributed by atoms with E-state index in [9.17, 15) is 4.39 Å². The summed E-state index contributed by atoms with van der Waals surface area (Å²) in [5, 5.41) is 3.46. The van der Waals surface area contributed by atoms with Crippen molar-refractivity contribution < 1.29 is 4.39 Å². The number of nitrogens with one attached hydrogen (secondary N) is 1. The Balaban J connectivity index is 2.59. The minimum atomic E-state index is -0.132. The molecule has 1 N–H and O–H groups in total. The second kappa shape index (κ2) is 6.51. The molecule has 1 aromatic rings. The molecular formula is C14H22FN. The summed E-state index contributed by atoms with van der Waals surface area (Å²) in [6.45, 7) is 6.19. The quantitative estimate of drug-likeness (QED) is 0.748. The van der Waals surface area contributed by atoms with E-state index in [0.717, 1.165) is 12.1 Å². The number of anilines is 1. The van der Waals surface area contributed by atoms with Gasteiger partial charge < -0.3 is 5.32 Å². The zero-order valence-electron chi connectivity index (χ0n) is 10.5. The lowest BCUT2D eigenvalue weighted by Gasteiger charge is -2.18. The van der Waals surface area contributed by atoms with Crippen molar-refractivity contribution in [3.63, 3.8) is 0 Å². The molecule has 90 valence electrons. The van der Waals surface area contributed by atoms with Crippen LogP contribution in [-0.4, -0.2) is 6.04 Å². The Labute approximate surface area is 98.1 Å². The Morgan fingerprint density at radius 3 is 2.62 bits per heavy atom. The molecular weight excluding hydrogens is 201 g/mol. The van der Waals surface area contributed by atoms with Crippen LogP contribution in [0.4, 0.5) is 10.1 Å². The van der Waals surface area contributed by atoms with Crippen LogP contribution in [0.5, 0.6) is 0 Å². The molecule has 2 heteroatoms. The first-order valence-electron chi connectivity index (χ1n) is 6.20. The number of aryl methyl sites for hydroxylation is 1. The monoisotopic (exact) mass is 223 g/mol. The minimum Gasteiger partial charge on any atom is -0.382 e. The highest BCUT2D eigenvalue weighted by atomic mass is 19.1. The van der Waals surface area contributed by atoms with Crippen molar-refractivity contribution in [2.24, 2.45) is 0 Å². The molecule has 0 spiro atoms. The van der Waals surface area contributed by atoms with Crippen LogP contribution in [0.1, 0.15) is 45.1 Å². The Morgan fingerprint density at radius 2 is 2.06 bits per heavy atom. The number of benzene rings is 1. The Bertz CT molecular complexity index is 323. The lowest BCUT2D eigenvalue weighted by Crippen LogP contribution is -2.18. The highest BCUT2D eigenvalue weighted by Gasteiger charge is 2.06. The summed E-state index contributed by atoms with van der Waals surface area (Å²) in [6.07, 6.45) is 4.76. The molecule has 0 amide bonds. The Hall–Kier alpha value is -1.05. The van der Waals surface area contributed by atoms with Gasteiger partial charge in [0.05, 0.1) is 0 Å². The van der Waals surface area contributed by atoms with Crippen LogP contribution >= 0.6 is 0 Å². The molecule has 1 atom stereocenters. The van der Waals surface area contributed by atoms with Gasteiger partial charge in [0.25, 0.3) is 0 Å². The molecule has 0 aromatic heterocycles. The predicted molar refractivity (Wildman–Crippen MR) is 68.4 cm³/mol. The van der Waals surface area contributed by atoms with Crippen molar-refractivity contribution in [1.29, 1.82) is 0 Å². The maximum absolute atomic E-state index is 13.1. The third-order valence-electron chi connectivity index (χ3n) is 2.93. The van der Waals surface area contributed by atoms with Gasteiger partial charge in [0.15, 0.2) is 0 Å². The summed E-state index contributed by atoms with van der Waals surface area (Å²) in [5.74, 6) is -0.132. The van der Waals surface area contributed by atoms with E-state index in [1.54, 1.807) is 6.92 Å². The molecule has 0 saturated heterocycles. The van der Waals surface area contributed by atoms with Gasteiger partial charge in [-0.15, -0.1) is 0 Å². The highest BCUT2D eigenvalue weighted by molar-refractivity contribution is 5.46. The smallest absolute Gasteiger partial charge is 0.126 e. The minimum absolute atomic E-state index is 0.132. The largest absolute Gasteiger partial charge is 0.382 e. The van der Waals surface area contributed by atoms with E-state index in [0.29, 0.717) is 11.6 Å². The van der Waals surface area contributed by atoms with Crippen LogP contribution in [0.3, 0.4) is 0 Å². The van der Waals surface area contributed by atoms with Crippen LogP contribution in [0.25, 0.3) is 0 Å². The van der Waals surface area contributed by atoms with Gasteiger partial charge in [0.1, 0.15) is 5.82 Å². The van der Waals surface area contributed by atoms with Crippen molar-refractivity contribution in [3.05, 3.63) is 29.6 Å². The molecule has 0 fully saturated rings. The summed E-state index contributed by atoms with van der Waals surface area (Å²) in [7, 11) is 0. The summed E-state index contributed by atoms with van der Waals surface area (Å²) in [5.41, 5.74) is 1.73. The maximum atomic E-state index is 13.1. The first-order chi connectivity index (χ1) is 7.67. The predicted octanol–water partition coefficient (Wildman–Crippen LogP) is 4.51. The molecule has 0 aliphatic carbocycles. The van der Waals surface area contributed by atoms with Crippen molar-refractivity contribution in [2.45, 2.75) is 52.5 Å². The summed E-state index contributed by atoms with van der Waals surface area (Å²) >= 11 is 0. The number of unbranched alkanes of at least 4 members (excludes halogenated alkanes) is 1.